The van der Waals surface area contributed by atoms with Gasteiger partial charge in [-0.3, -0.25) is 19.7 Å². The van der Waals surface area contributed by atoms with E-state index >= 15 is 0 Å². The van der Waals surface area contributed by atoms with Crippen LogP contribution in [0.3, 0.4) is 0 Å². The molecule has 1 aromatic heterocycles. The molecule has 2 fully saturated rings. The molecule has 0 atom stereocenters. The molecule has 1 aliphatic carbocycles. The van der Waals surface area contributed by atoms with Gasteiger partial charge in [0.25, 0.3) is 0 Å². The van der Waals surface area contributed by atoms with Crippen LogP contribution in [0.1, 0.15) is 25.0 Å². The molecule has 25 heavy (non-hydrogen) atoms. The third-order valence-corrected chi connectivity index (χ3v) is 5.10. The highest BCUT2D eigenvalue weighted by Gasteiger charge is 2.30. The van der Waals surface area contributed by atoms with Gasteiger partial charge in [0.05, 0.1) is 5.69 Å². The van der Waals surface area contributed by atoms with E-state index in [-0.39, 0.29) is 11.9 Å². The number of hydrogen-bond acceptors (Lipinski definition) is 4. The molecule has 138 valence electrons. The van der Waals surface area contributed by atoms with Crippen LogP contribution in [0.25, 0.3) is 0 Å². The summed E-state index contributed by atoms with van der Waals surface area (Å²) < 4.78 is 1.65. The minimum atomic E-state index is -0.221. The van der Waals surface area contributed by atoms with E-state index < -0.39 is 0 Å². The number of nitrogens with zero attached hydrogens (tertiary/aromatic N) is 4. The molecule has 2 aliphatic rings. The SMILES string of the molecule is Cc1cc(NC(=O)NCCN2CCN(C(=O)C3CCC3)CC2)n(C)n1. The first-order valence-electron chi connectivity index (χ1n) is 9.09. The van der Waals surface area contributed by atoms with E-state index in [9.17, 15) is 9.59 Å². The molecule has 3 rings (SSSR count). The van der Waals surface area contributed by atoms with Crippen molar-refractivity contribution in [1.82, 2.24) is 24.9 Å². The van der Waals surface area contributed by atoms with Crippen molar-refractivity contribution in [3.05, 3.63) is 11.8 Å². The highest BCUT2D eigenvalue weighted by Crippen LogP contribution is 2.28. The van der Waals surface area contributed by atoms with E-state index in [2.05, 4.69) is 20.6 Å². The molecule has 2 N–H and O–H groups in total. The van der Waals surface area contributed by atoms with Crippen LogP contribution in [0.15, 0.2) is 6.07 Å². The Balaban J connectivity index is 1.32. The van der Waals surface area contributed by atoms with Crippen molar-refractivity contribution in [3.63, 3.8) is 0 Å². The Morgan fingerprint density at radius 2 is 1.96 bits per heavy atom. The number of aryl methyl sites for hydroxylation is 2. The smallest absolute Gasteiger partial charge is 0.320 e. The van der Waals surface area contributed by atoms with Crippen molar-refractivity contribution < 1.29 is 9.59 Å². The summed E-state index contributed by atoms with van der Waals surface area (Å²) in [7, 11) is 1.80. The van der Waals surface area contributed by atoms with Crippen LogP contribution in [-0.4, -0.2) is 70.8 Å². The third-order valence-electron chi connectivity index (χ3n) is 5.10. The molecule has 0 aromatic carbocycles. The fourth-order valence-corrected chi connectivity index (χ4v) is 3.32. The lowest BCUT2D eigenvalue weighted by atomic mass is 9.84. The summed E-state index contributed by atoms with van der Waals surface area (Å²) in [6, 6.07) is 1.61. The summed E-state index contributed by atoms with van der Waals surface area (Å²) in [4.78, 5) is 28.5. The van der Waals surface area contributed by atoms with Crippen molar-refractivity contribution in [2.75, 3.05) is 44.6 Å². The van der Waals surface area contributed by atoms with E-state index in [1.54, 1.807) is 11.7 Å². The number of hydrogen-bond donors (Lipinski definition) is 2. The molecular weight excluding hydrogens is 320 g/mol. The molecule has 0 unspecified atom stereocenters. The van der Waals surface area contributed by atoms with Gasteiger partial charge < -0.3 is 10.2 Å². The van der Waals surface area contributed by atoms with Crippen molar-refractivity contribution in [1.29, 1.82) is 0 Å². The van der Waals surface area contributed by atoms with Gasteiger partial charge in [-0.1, -0.05) is 6.42 Å². The number of anilines is 1. The summed E-state index contributed by atoms with van der Waals surface area (Å²) in [5.41, 5.74) is 0.868. The van der Waals surface area contributed by atoms with Gasteiger partial charge in [-0.2, -0.15) is 5.10 Å². The Hall–Kier alpha value is -2.09. The molecule has 0 radical (unpaired) electrons. The first-order chi connectivity index (χ1) is 12.0. The molecule has 0 spiro atoms. The molecule has 1 aliphatic heterocycles. The summed E-state index contributed by atoms with van der Waals surface area (Å²) in [6.45, 7) is 6.62. The Labute approximate surface area is 148 Å². The Morgan fingerprint density at radius 3 is 2.52 bits per heavy atom. The van der Waals surface area contributed by atoms with E-state index in [1.165, 1.54) is 6.42 Å². The Kier molecular flexibility index (Phi) is 5.57. The minimum Gasteiger partial charge on any atom is -0.340 e. The topological polar surface area (TPSA) is 82.5 Å². The second-order valence-corrected chi connectivity index (χ2v) is 6.97. The molecule has 8 heteroatoms. The summed E-state index contributed by atoms with van der Waals surface area (Å²) in [6.07, 6.45) is 3.32. The second kappa shape index (κ2) is 7.86. The first-order valence-corrected chi connectivity index (χ1v) is 9.09. The van der Waals surface area contributed by atoms with Gasteiger partial charge in [-0.05, 0) is 19.8 Å². The van der Waals surface area contributed by atoms with Crippen molar-refractivity contribution in [3.8, 4) is 0 Å². The summed E-state index contributed by atoms with van der Waals surface area (Å²) >= 11 is 0. The van der Waals surface area contributed by atoms with Gasteiger partial charge in [0.2, 0.25) is 5.91 Å². The third kappa shape index (κ3) is 4.50. The molecule has 1 saturated heterocycles. The highest BCUT2D eigenvalue weighted by molar-refractivity contribution is 5.88. The van der Waals surface area contributed by atoms with Crippen LogP contribution in [0, 0.1) is 12.8 Å². The van der Waals surface area contributed by atoms with Crippen LogP contribution in [0.5, 0.6) is 0 Å². The molecule has 1 saturated carbocycles. The zero-order valence-corrected chi connectivity index (χ0v) is 15.1. The molecule has 2 heterocycles. The van der Waals surface area contributed by atoms with E-state index in [0.717, 1.165) is 51.3 Å². The largest absolute Gasteiger partial charge is 0.340 e. The maximum Gasteiger partial charge on any atom is 0.320 e. The van der Waals surface area contributed by atoms with Gasteiger partial charge >= 0.3 is 6.03 Å². The van der Waals surface area contributed by atoms with Gasteiger partial charge in [0, 0.05) is 58.3 Å². The van der Waals surface area contributed by atoms with Gasteiger partial charge in [0.15, 0.2) is 0 Å². The lowest BCUT2D eigenvalue weighted by molar-refractivity contribution is -0.139. The number of nitrogens with one attached hydrogen (secondary N) is 2. The Morgan fingerprint density at radius 1 is 1.24 bits per heavy atom. The van der Waals surface area contributed by atoms with Gasteiger partial charge in [-0.15, -0.1) is 0 Å². The average Bonchev–Trinajstić information content (AvgIpc) is 2.83. The van der Waals surface area contributed by atoms with Crippen LogP contribution in [0.4, 0.5) is 10.6 Å². The second-order valence-electron chi connectivity index (χ2n) is 6.97. The number of carbonyl (C=O) groups is 2. The van der Waals surface area contributed by atoms with Crippen molar-refractivity contribution in [2.24, 2.45) is 13.0 Å². The maximum absolute atomic E-state index is 12.2. The van der Waals surface area contributed by atoms with Gasteiger partial charge in [0.1, 0.15) is 5.82 Å². The number of urea groups is 1. The van der Waals surface area contributed by atoms with E-state index in [1.807, 2.05) is 17.9 Å². The Bertz CT molecular complexity index is 617. The number of piperazine rings is 1. The molecular formula is C17H28N6O2. The van der Waals surface area contributed by atoms with Crippen LogP contribution in [0.2, 0.25) is 0 Å². The average molecular weight is 348 g/mol. The van der Waals surface area contributed by atoms with Crippen LogP contribution < -0.4 is 10.6 Å². The van der Waals surface area contributed by atoms with Crippen LogP contribution >= 0.6 is 0 Å². The van der Waals surface area contributed by atoms with E-state index in [0.29, 0.717) is 18.3 Å². The molecule has 1 aromatic rings. The fraction of sp³-hybridized carbons (Fsp3) is 0.706. The quantitative estimate of drug-likeness (QED) is 0.824. The van der Waals surface area contributed by atoms with Crippen LogP contribution in [-0.2, 0) is 11.8 Å². The summed E-state index contributed by atoms with van der Waals surface area (Å²) in [5.74, 6) is 1.31. The van der Waals surface area contributed by atoms with Crippen molar-refractivity contribution >= 4 is 17.8 Å². The predicted molar refractivity (Wildman–Crippen MR) is 95.3 cm³/mol. The normalized spacial score (nSPS) is 18.7. The molecule has 8 nitrogen and oxygen atoms in total. The lowest BCUT2D eigenvalue weighted by Gasteiger charge is -2.38. The molecule has 3 amide bonds. The monoisotopic (exact) mass is 348 g/mol. The number of aromatic nitrogens is 2. The number of amides is 3. The first kappa shape index (κ1) is 17.7. The standard InChI is InChI=1S/C17H28N6O2/c1-13-12-15(21(2)20-13)19-17(25)18-6-7-22-8-10-23(11-9-22)16(24)14-4-3-5-14/h12,14H,3-11H2,1-2H3,(H2,18,19,25). The number of rotatable bonds is 5. The zero-order valence-electron chi connectivity index (χ0n) is 15.1. The van der Waals surface area contributed by atoms with E-state index in [4.69, 9.17) is 0 Å². The predicted octanol–water partition coefficient (Wildman–Crippen LogP) is 0.794. The zero-order chi connectivity index (χ0) is 17.8. The highest BCUT2D eigenvalue weighted by atomic mass is 16.2. The summed E-state index contributed by atoms with van der Waals surface area (Å²) in [5, 5.41) is 9.86. The van der Waals surface area contributed by atoms with Crippen molar-refractivity contribution in [2.45, 2.75) is 26.2 Å². The van der Waals surface area contributed by atoms with Gasteiger partial charge in [-0.25, -0.2) is 4.79 Å². The maximum atomic E-state index is 12.2. The fourth-order valence-electron chi connectivity index (χ4n) is 3.32. The lowest BCUT2D eigenvalue weighted by Crippen LogP contribution is -2.52. The molecule has 0 bridgehead atoms. The minimum absolute atomic E-state index is 0.221. The number of carbonyl (C=O) groups excluding carboxylic acids is 2.